The van der Waals surface area contributed by atoms with E-state index in [1.54, 1.807) is 4.90 Å². The molecular formula is C30H37ClFN3O3. The van der Waals surface area contributed by atoms with Crippen LogP contribution in [-0.4, -0.2) is 46.1 Å². The highest BCUT2D eigenvalue weighted by atomic mass is 35.5. The van der Waals surface area contributed by atoms with Gasteiger partial charge in [0.25, 0.3) is 0 Å². The molecule has 3 aromatic rings. The Morgan fingerprint density at radius 2 is 1.87 bits per heavy atom. The predicted octanol–water partition coefficient (Wildman–Crippen LogP) is 7.29. The fourth-order valence-corrected chi connectivity index (χ4v) is 5.52. The second-order valence-electron chi connectivity index (χ2n) is 11.9. The maximum atomic E-state index is 13.8. The number of fused-ring (bicyclic) bond motifs is 1. The van der Waals surface area contributed by atoms with Crippen LogP contribution in [0.3, 0.4) is 0 Å². The van der Waals surface area contributed by atoms with Gasteiger partial charge < -0.3 is 14.4 Å². The van der Waals surface area contributed by atoms with Gasteiger partial charge in [-0.1, -0.05) is 23.7 Å². The zero-order valence-electron chi connectivity index (χ0n) is 22.7. The van der Waals surface area contributed by atoms with E-state index in [0.717, 1.165) is 34.5 Å². The molecule has 0 bridgehead atoms. The zero-order valence-corrected chi connectivity index (χ0v) is 23.4. The number of ether oxygens (including phenoxy) is 2. The quantitative estimate of drug-likeness (QED) is 0.315. The first kappa shape index (κ1) is 26.9. The molecule has 2 aliphatic rings. The summed E-state index contributed by atoms with van der Waals surface area (Å²) in [5, 5.41) is 6.55. The summed E-state index contributed by atoms with van der Waals surface area (Å²) in [5.41, 5.74) is 1.99. The molecule has 0 spiro atoms. The van der Waals surface area contributed by atoms with E-state index in [-0.39, 0.29) is 23.4 Å². The van der Waals surface area contributed by atoms with E-state index in [9.17, 15) is 9.18 Å². The fourth-order valence-electron chi connectivity index (χ4n) is 5.28. The first-order valence-electron chi connectivity index (χ1n) is 13.5. The van der Waals surface area contributed by atoms with E-state index < -0.39 is 5.60 Å². The Balaban J connectivity index is 1.35. The third-order valence-electron chi connectivity index (χ3n) is 7.67. The van der Waals surface area contributed by atoms with Crippen molar-refractivity contribution in [3.8, 4) is 0 Å². The van der Waals surface area contributed by atoms with Gasteiger partial charge >= 0.3 is 6.09 Å². The highest BCUT2D eigenvalue weighted by molar-refractivity contribution is 6.31. The van der Waals surface area contributed by atoms with E-state index >= 15 is 0 Å². The molecule has 8 heteroatoms. The molecule has 2 aromatic carbocycles. The summed E-state index contributed by atoms with van der Waals surface area (Å²) < 4.78 is 28.0. The van der Waals surface area contributed by atoms with E-state index in [1.165, 1.54) is 25.0 Å². The maximum absolute atomic E-state index is 13.8. The van der Waals surface area contributed by atoms with Crippen molar-refractivity contribution in [3.05, 3.63) is 64.6 Å². The molecular weight excluding hydrogens is 505 g/mol. The van der Waals surface area contributed by atoms with Crippen molar-refractivity contribution in [1.82, 2.24) is 14.7 Å². The first-order valence-corrected chi connectivity index (χ1v) is 13.9. The summed E-state index contributed by atoms with van der Waals surface area (Å²) >= 11 is 6.50. The number of nitrogens with zero attached hydrogens (tertiary/aromatic N) is 3. The molecule has 1 amide bonds. The summed E-state index contributed by atoms with van der Waals surface area (Å²) in [6.07, 6.45) is 5.42. The van der Waals surface area contributed by atoms with Crippen LogP contribution in [0.15, 0.2) is 42.6 Å². The largest absolute Gasteiger partial charge is 0.444 e. The molecule has 2 heterocycles. The van der Waals surface area contributed by atoms with Crippen LogP contribution in [0.5, 0.6) is 0 Å². The normalized spacial score (nSPS) is 18.5. The Bertz CT molecular complexity index is 1290. The number of carbonyl (C=O) groups is 1. The Morgan fingerprint density at radius 1 is 1.18 bits per heavy atom. The van der Waals surface area contributed by atoms with E-state index in [2.05, 4.69) is 6.20 Å². The third-order valence-corrected chi connectivity index (χ3v) is 7.89. The molecule has 1 aliphatic heterocycles. The molecule has 1 atom stereocenters. The minimum Gasteiger partial charge on any atom is -0.444 e. The number of hydrogen-bond donors (Lipinski definition) is 0. The average molecular weight is 542 g/mol. The molecule has 2 fully saturated rings. The number of likely N-dealkylation sites (tertiary alicyclic amines) is 1. The van der Waals surface area contributed by atoms with Gasteiger partial charge in [0.1, 0.15) is 11.4 Å². The van der Waals surface area contributed by atoms with Crippen molar-refractivity contribution in [2.75, 3.05) is 19.7 Å². The lowest BCUT2D eigenvalue weighted by molar-refractivity contribution is -0.00934. The van der Waals surface area contributed by atoms with Gasteiger partial charge in [-0.2, -0.15) is 5.10 Å². The van der Waals surface area contributed by atoms with Crippen molar-refractivity contribution in [2.24, 2.45) is 5.92 Å². The van der Waals surface area contributed by atoms with Crippen LogP contribution in [-0.2, 0) is 21.4 Å². The van der Waals surface area contributed by atoms with Crippen molar-refractivity contribution in [1.29, 1.82) is 0 Å². The van der Waals surface area contributed by atoms with E-state index in [4.69, 9.17) is 26.2 Å². The molecule has 0 unspecified atom stereocenters. The molecule has 5 rings (SSSR count). The van der Waals surface area contributed by atoms with Gasteiger partial charge in [-0.05, 0) is 89.1 Å². The van der Waals surface area contributed by atoms with Crippen LogP contribution in [0.2, 0.25) is 5.02 Å². The summed E-state index contributed by atoms with van der Waals surface area (Å²) in [4.78, 5) is 14.4. The molecule has 6 nitrogen and oxygen atoms in total. The molecule has 38 heavy (non-hydrogen) atoms. The minimum atomic E-state index is -0.547. The predicted molar refractivity (Wildman–Crippen MR) is 147 cm³/mol. The minimum absolute atomic E-state index is 0.248. The van der Waals surface area contributed by atoms with E-state index in [0.29, 0.717) is 37.6 Å². The molecule has 1 aliphatic carbocycles. The Kier molecular flexibility index (Phi) is 7.44. The second-order valence-corrected chi connectivity index (χ2v) is 12.4. The Morgan fingerprint density at radius 3 is 2.50 bits per heavy atom. The topological polar surface area (TPSA) is 56.6 Å². The number of rotatable bonds is 7. The van der Waals surface area contributed by atoms with Gasteiger partial charge in [-0.15, -0.1) is 0 Å². The SMILES string of the molecule is C[C@@H](OCC1(c2ccc(F)cc2)CCN(C(=O)OC(C)(C)C)CC1)c1cc(Cl)cc2cn(CC3CC3)nc12. The number of aromatic nitrogens is 2. The van der Waals surface area contributed by atoms with Crippen LogP contribution in [0.25, 0.3) is 10.9 Å². The number of amides is 1. The van der Waals surface area contributed by atoms with Crippen LogP contribution in [0.1, 0.15) is 70.6 Å². The summed E-state index contributed by atoms with van der Waals surface area (Å²) in [5.74, 6) is 0.450. The Hall–Kier alpha value is -2.64. The number of piperidine rings is 1. The lowest BCUT2D eigenvalue weighted by Gasteiger charge is -2.42. The molecule has 1 aromatic heterocycles. The standard InChI is InChI=1S/C30H37ClFN3O3/c1-20(26-16-24(31)15-22-18-35(33-27(22)26)17-21-5-6-21)37-19-30(23-7-9-25(32)10-8-23)11-13-34(14-12-30)28(36)38-29(2,3)4/h7-10,15-16,18,20-21H,5-6,11-14,17,19H2,1-4H3/t20-/m1/s1. The lowest BCUT2D eigenvalue weighted by atomic mass is 9.73. The summed E-state index contributed by atoms with van der Waals surface area (Å²) in [6.45, 7) is 10.1. The van der Waals surface area contributed by atoms with Gasteiger partial charge in [0, 0.05) is 47.2 Å². The number of halogens is 2. The molecule has 0 radical (unpaired) electrons. The van der Waals surface area contributed by atoms with E-state index in [1.807, 2.05) is 56.6 Å². The highest BCUT2D eigenvalue weighted by Gasteiger charge is 2.39. The first-order chi connectivity index (χ1) is 18.0. The van der Waals surface area contributed by atoms with Crippen LogP contribution in [0, 0.1) is 11.7 Å². The monoisotopic (exact) mass is 541 g/mol. The molecule has 1 saturated heterocycles. The Labute approximate surface area is 229 Å². The van der Waals surface area contributed by atoms with Crippen LogP contribution in [0.4, 0.5) is 9.18 Å². The zero-order chi connectivity index (χ0) is 27.1. The summed E-state index contributed by atoms with van der Waals surface area (Å²) in [7, 11) is 0. The number of carbonyl (C=O) groups excluding carboxylic acids is 1. The molecule has 204 valence electrons. The summed E-state index contributed by atoms with van der Waals surface area (Å²) in [6, 6.07) is 10.6. The maximum Gasteiger partial charge on any atom is 0.410 e. The van der Waals surface area contributed by atoms with Crippen molar-refractivity contribution < 1.29 is 18.7 Å². The van der Waals surface area contributed by atoms with Crippen LogP contribution < -0.4 is 0 Å². The van der Waals surface area contributed by atoms with Crippen molar-refractivity contribution in [3.63, 3.8) is 0 Å². The van der Waals surface area contributed by atoms with Crippen LogP contribution >= 0.6 is 11.6 Å². The average Bonchev–Trinajstić information content (AvgIpc) is 3.58. The highest BCUT2D eigenvalue weighted by Crippen LogP contribution is 2.39. The fraction of sp³-hybridized carbons (Fsp3) is 0.533. The number of hydrogen-bond acceptors (Lipinski definition) is 4. The van der Waals surface area contributed by atoms with Gasteiger partial charge in [0.05, 0.1) is 18.2 Å². The smallest absolute Gasteiger partial charge is 0.410 e. The van der Waals surface area contributed by atoms with Crippen molar-refractivity contribution in [2.45, 2.75) is 77.0 Å². The number of benzene rings is 2. The second kappa shape index (κ2) is 10.5. The third kappa shape index (κ3) is 6.15. The van der Waals surface area contributed by atoms with Gasteiger partial charge in [-0.3, -0.25) is 4.68 Å². The molecule has 1 saturated carbocycles. The lowest BCUT2D eigenvalue weighted by Crippen LogP contribution is -2.48. The van der Waals surface area contributed by atoms with Gasteiger partial charge in [0.2, 0.25) is 0 Å². The van der Waals surface area contributed by atoms with Gasteiger partial charge in [0.15, 0.2) is 0 Å². The van der Waals surface area contributed by atoms with Crippen molar-refractivity contribution >= 4 is 28.6 Å². The van der Waals surface area contributed by atoms with Gasteiger partial charge in [-0.25, -0.2) is 9.18 Å². The molecule has 0 N–H and O–H groups in total.